The molecule has 1 fully saturated rings. The molecule has 0 aliphatic heterocycles. The minimum absolute atomic E-state index is 0.398. The van der Waals surface area contributed by atoms with Crippen molar-refractivity contribution in [2.45, 2.75) is 65.7 Å². The number of nitrogen functional groups attached to an aromatic ring is 1. The molecule has 0 aromatic carbocycles. The first-order valence-corrected chi connectivity index (χ1v) is 7.91. The number of nitrogens with one attached hydrogen (secondary N) is 1. The highest BCUT2D eigenvalue weighted by molar-refractivity contribution is 5.54. The van der Waals surface area contributed by atoms with Crippen LogP contribution < -0.4 is 11.1 Å². The molecule has 4 nitrogen and oxygen atoms in total. The van der Waals surface area contributed by atoms with Crippen LogP contribution in [0.15, 0.2) is 0 Å². The van der Waals surface area contributed by atoms with Gasteiger partial charge in [-0.1, -0.05) is 33.1 Å². The second-order valence-corrected chi connectivity index (χ2v) is 6.47. The average molecular weight is 276 g/mol. The molecule has 1 aliphatic carbocycles. The number of nitrogens with zero attached hydrogens (tertiary/aromatic N) is 2. The molecule has 1 saturated carbocycles. The molecule has 20 heavy (non-hydrogen) atoms. The number of aryl methyl sites for hydroxylation is 1. The highest BCUT2D eigenvalue weighted by Gasteiger charge is 2.26. The Bertz CT molecular complexity index is 450. The number of anilines is 2. The van der Waals surface area contributed by atoms with Crippen molar-refractivity contribution < 1.29 is 0 Å². The number of aromatic nitrogens is 2. The Kier molecular flexibility index (Phi) is 4.84. The van der Waals surface area contributed by atoms with Crippen LogP contribution in [-0.2, 0) is 6.42 Å². The maximum atomic E-state index is 6.00. The van der Waals surface area contributed by atoms with Gasteiger partial charge in [0, 0.05) is 18.5 Å². The molecule has 0 atom stereocenters. The molecule has 2 rings (SSSR count). The lowest BCUT2D eigenvalue weighted by atomic mass is 9.76. The minimum Gasteiger partial charge on any atom is -0.383 e. The summed E-state index contributed by atoms with van der Waals surface area (Å²) in [4.78, 5) is 9.00. The fourth-order valence-corrected chi connectivity index (χ4v) is 2.97. The molecular weight excluding hydrogens is 248 g/mol. The van der Waals surface area contributed by atoms with Gasteiger partial charge in [0.2, 0.25) is 0 Å². The van der Waals surface area contributed by atoms with Crippen LogP contribution >= 0.6 is 0 Å². The van der Waals surface area contributed by atoms with Gasteiger partial charge in [-0.15, -0.1) is 0 Å². The van der Waals surface area contributed by atoms with Gasteiger partial charge in [-0.05, 0) is 31.6 Å². The molecule has 0 bridgehead atoms. The van der Waals surface area contributed by atoms with Crippen LogP contribution in [-0.4, -0.2) is 16.5 Å². The Morgan fingerprint density at radius 3 is 2.55 bits per heavy atom. The Morgan fingerprint density at radius 1 is 1.20 bits per heavy atom. The second-order valence-electron chi connectivity index (χ2n) is 6.47. The zero-order chi connectivity index (χ0) is 14.6. The predicted octanol–water partition coefficient (Wildman–Crippen LogP) is 3.70. The summed E-state index contributed by atoms with van der Waals surface area (Å²) in [5.41, 5.74) is 7.38. The lowest BCUT2D eigenvalue weighted by Crippen LogP contribution is -2.29. The molecule has 0 amide bonds. The maximum Gasteiger partial charge on any atom is 0.134 e. The lowest BCUT2D eigenvalue weighted by molar-refractivity contribution is 0.233. The molecule has 1 aromatic rings. The summed E-state index contributed by atoms with van der Waals surface area (Å²) in [6.07, 6.45) is 8.63. The third-order valence-electron chi connectivity index (χ3n) is 4.45. The molecule has 4 heteroatoms. The van der Waals surface area contributed by atoms with Gasteiger partial charge in [0.25, 0.3) is 0 Å². The van der Waals surface area contributed by atoms with E-state index >= 15 is 0 Å². The van der Waals surface area contributed by atoms with Crippen LogP contribution in [0.2, 0.25) is 0 Å². The van der Waals surface area contributed by atoms with E-state index in [2.05, 4.69) is 29.1 Å². The first-order chi connectivity index (χ1) is 9.54. The number of hydrogen-bond donors (Lipinski definition) is 2. The highest BCUT2D eigenvalue weighted by Crippen LogP contribution is 2.36. The van der Waals surface area contributed by atoms with Gasteiger partial charge in [-0.3, -0.25) is 0 Å². The average Bonchev–Trinajstić information content (AvgIpc) is 2.42. The van der Waals surface area contributed by atoms with Gasteiger partial charge >= 0.3 is 0 Å². The van der Waals surface area contributed by atoms with Crippen molar-refractivity contribution in [3.63, 3.8) is 0 Å². The molecule has 3 N–H and O–H groups in total. The lowest BCUT2D eigenvalue weighted by Gasteiger charge is -2.34. The summed E-state index contributed by atoms with van der Waals surface area (Å²) in [5, 5.41) is 3.53. The van der Waals surface area contributed by atoms with Crippen molar-refractivity contribution >= 4 is 11.6 Å². The zero-order valence-electron chi connectivity index (χ0n) is 13.1. The van der Waals surface area contributed by atoms with Crippen molar-refractivity contribution in [1.29, 1.82) is 0 Å². The second kappa shape index (κ2) is 6.42. The van der Waals surface area contributed by atoms with Crippen LogP contribution in [0.1, 0.15) is 63.8 Å². The molecule has 0 unspecified atom stereocenters. The fourth-order valence-electron chi connectivity index (χ4n) is 2.97. The zero-order valence-corrected chi connectivity index (χ0v) is 13.1. The number of nitrogens with two attached hydrogens (primary N) is 1. The van der Waals surface area contributed by atoms with E-state index in [0.717, 1.165) is 36.6 Å². The minimum atomic E-state index is 0.398. The van der Waals surface area contributed by atoms with Crippen LogP contribution in [0.25, 0.3) is 0 Å². The molecule has 0 radical (unpaired) electrons. The number of hydrogen-bond acceptors (Lipinski definition) is 4. The van der Waals surface area contributed by atoms with Crippen LogP contribution in [0.3, 0.4) is 0 Å². The van der Waals surface area contributed by atoms with Gasteiger partial charge in [0.1, 0.15) is 17.5 Å². The van der Waals surface area contributed by atoms with Crippen molar-refractivity contribution in [2.24, 2.45) is 5.41 Å². The maximum absolute atomic E-state index is 6.00. The monoisotopic (exact) mass is 276 g/mol. The SMILES string of the molecule is CCCc1nc(N)c(C)c(NCC2(C)CCCCC2)n1. The molecular formula is C16H28N4. The van der Waals surface area contributed by atoms with Crippen molar-refractivity contribution in [3.05, 3.63) is 11.4 Å². The summed E-state index contributed by atoms with van der Waals surface area (Å²) in [7, 11) is 0. The van der Waals surface area contributed by atoms with Gasteiger partial charge < -0.3 is 11.1 Å². The van der Waals surface area contributed by atoms with Gasteiger partial charge in [0.05, 0.1) is 0 Å². The van der Waals surface area contributed by atoms with Crippen molar-refractivity contribution in [1.82, 2.24) is 9.97 Å². The molecule has 1 aromatic heterocycles. The summed E-state index contributed by atoms with van der Waals surface area (Å²) in [6.45, 7) is 7.49. The van der Waals surface area contributed by atoms with E-state index in [9.17, 15) is 0 Å². The molecule has 0 saturated heterocycles. The van der Waals surface area contributed by atoms with E-state index in [1.165, 1.54) is 32.1 Å². The molecule has 0 spiro atoms. The smallest absolute Gasteiger partial charge is 0.134 e. The van der Waals surface area contributed by atoms with E-state index in [0.29, 0.717) is 11.2 Å². The van der Waals surface area contributed by atoms with E-state index in [1.807, 2.05) is 6.92 Å². The van der Waals surface area contributed by atoms with Crippen LogP contribution in [0.5, 0.6) is 0 Å². The molecule has 1 heterocycles. The normalized spacial score (nSPS) is 17.9. The van der Waals surface area contributed by atoms with E-state index in [-0.39, 0.29) is 0 Å². The Balaban J connectivity index is 2.08. The third-order valence-corrected chi connectivity index (χ3v) is 4.45. The van der Waals surface area contributed by atoms with Crippen LogP contribution in [0.4, 0.5) is 11.6 Å². The van der Waals surface area contributed by atoms with Gasteiger partial charge in [-0.25, -0.2) is 9.97 Å². The fraction of sp³-hybridized carbons (Fsp3) is 0.750. The van der Waals surface area contributed by atoms with E-state index in [1.54, 1.807) is 0 Å². The summed E-state index contributed by atoms with van der Waals surface area (Å²) >= 11 is 0. The molecule has 112 valence electrons. The topological polar surface area (TPSA) is 63.8 Å². The van der Waals surface area contributed by atoms with E-state index in [4.69, 9.17) is 5.73 Å². The Labute approximate surface area is 122 Å². The van der Waals surface area contributed by atoms with E-state index < -0.39 is 0 Å². The largest absolute Gasteiger partial charge is 0.383 e. The quantitative estimate of drug-likeness (QED) is 0.860. The third kappa shape index (κ3) is 3.62. The van der Waals surface area contributed by atoms with Crippen LogP contribution in [0, 0.1) is 12.3 Å². The first kappa shape index (κ1) is 15.1. The summed E-state index contributed by atoms with van der Waals surface area (Å²) in [5.74, 6) is 2.39. The molecule has 1 aliphatic rings. The Hall–Kier alpha value is -1.32. The highest BCUT2D eigenvalue weighted by atomic mass is 15.1. The standard InChI is InChI=1S/C16H28N4/c1-4-8-13-19-14(17)12(2)15(20-13)18-11-16(3)9-6-5-7-10-16/h4-11H2,1-3H3,(H3,17,18,19,20). The number of rotatable bonds is 5. The Morgan fingerprint density at radius 2 is 1.90 bits per heavy atom. The van der Waals surface area contributed by atoms with Crippen molar-refractivity contribution in [3.8, 4) is 0 Å². The predicted molar refractivity (Wildman–Crippen MR) is 84.9 cm³/mol. The van der Waals surface area contributed by atoms with Crippen molar-refractivity contribution in [2.75, 3.05) is 17.6 Å². The first-order valence-electron chi connectivity index (χ1n) is 7.91. The summed E-state index contributed by atoms with van der Waals surface area (Å²) < 4.78 is 0. The summed E-state index contributed by atoms with van der Waals surface area (Å²) in [6, 6.07) is 0. The van der Waals surface area contributed by atoms with Gasteiger partial charge in [0.15, 0.2) is 0 Å². The van der Waals surface area contributed by atoms with Gasteiger partial charge in [-0.2, -0.15) is 0 Å².